The second-order valence-electron chi connectivity index (χ2n) is 7.52. The predicted molar refractivity (Wildman–Crippen MR) is 136 cm³/mol. The molecule has 3 aromatic rings. The van der Waals surface area contributed by atoms with E-state index in [0.29, 0.717) is 55.1 Å². The number of anilines is 1. The molecule has 0 atom stereocenters. The largest absolute Gasteiger partial charge is 0.490 e. The number of carbonyl (C=O) groups excluding carboxylic acids is 2. The van der Waals surface area contributed by atoms with Crippen molar-refractivity contribution >= 4 is 17.6 Å². The summed E-state index contributed by atoms with van der Waals surface area (Å²) in [6.45, 7) is 6.66. The average Bonchev–Trinajstić information content (AvgIpc) is 2.89. The topological polar surface area (TPSA) is 92.3 Å². The maximum atomic E-state index is 12.6. The molecule has 0 fully saturated rings. The second kappa shape index (κ2) is 13.6. The molecule has 0 bridgehead atoms. The van der Waals surface area contributed by atoms with Crippen LogP contribution in [0.15, 0.2) is 66.7 Å². The fraction of sp³-hybridized carbons (Fsp3) is 0.286. The minimum absolute atomic E-state index is 0.193. The number of esters is 1. The maximum absolute atomic E-state index is 12.6. The standard InChI is InChI=1S/C28H31NO7/c1-4-32-24-16-21(17-25(33-5-2)27(24)34-6-3)28(31)36-19-26(30)29-22-12-14-23(15-13-22)35-18-20-10-8-7-9-11-20/h7-17H,4-6,18-19H2,1-3H3,(H,29,30). The number of rotatable bonds is 13. The molecule has 1 amide bonds. The van der Waals surface area contributed by atoms with Crippen molar-refractivity contribution in [3.63, 3.8) is 0 Å². The van der Waals surface area contributed by atoms with Gasteiger partial charge in [0.1, 0.15) is 12.4 Å². The van der Waals surface area contributed by atoms with E-state index in [4.69, 9.17) is 23.7 Å². The van der Waals surface area contributed by atoms with Crippen molar-refractivity contribution in [2.75, 3.05) is 31.7 Å². The number of ether oxygens (including phenoxy) is 5. The van der Waals surface area contributed by atoms with E-state index in [1.165, 1.54) is 12.1 Å². The van der Waals surface area contributed by atoms with Gasteiger partial charge in [0, 0.05) is 5.69 Å². The summed E-state index contributed by atoms with van der Waals surface area (Å²) in [6, 6.07) is 19.8. The molecular weight excluding hydrogens is 462 g/mol. The second-order valence-corrected chi connectivity index (χ2v) is 7.52. The number of nitrogens with one attached hydrogen (secondary N) is 1. The van der Waals surface area contributed by atoms with E-state index in [-0.39, 0.29) is 5.56 Å². The Morgan fingerprint density at radius 2 is 1.36 bits per heavy atom. The molecule has 3 rings (SSSR count). The Morgan fingerprint density at radius 3 is 1.94 bits per heavy atom. The number of benzene rings is 3. The van der Waals surface area contributed by atoms with Crippen LogP contribution in [0.2, 0.25) is 0 Å². The summed E-state index contributed by atoms with van der Waals surface area (Å²) in [5.41, 5.74) is 1.81. The van der Waals surface area contributed by atoms with Crippen molar-refractivity contribution in [3.8, 4) is 23.0 Å². The van der Waals surface area contributed by atoms with Gasteiger partial charge < -0.3 is 29.0 Å². The van der Waals surface area contributed by atoms with Crippen molar-refractivity contribution in [1.82, 2.24) is 0 Å². The minimum Gasteiger partial charge on any atom is -0.490 e. The van der Waals surface area contributed by atoms with Crippen LogP contribution in [0.1, 0.15) is 36.7 Å². The summed E-state index contributed by atoms with van der Waals surface area (Å²) in [7, 11) is 0. The summed E-state index contributed by atoms with van der Waals surface area (Å²) in [5, 5.41) is 2.70. The fourth-order valence-corrected chi connectivity index (χ4v) is 3.29. The molecule has 1 N–H and O–H groups in total. The van der Waals surface area contributed by atoms with Crippen molar-refractivity contribution in [2.45, 2.75) is 27.4 Å². The lowest BCUT2D eigenvalue weighted by Crippen LogP contribution is -2.21. The molecule has 0 aromatic heterocycles. The maximum Gasteiger partial charge on any atom is 0.338 e. The molecule has 0 spiro atoms. The van der Waals surface area contributed by atoms with Crippen LogP contribution in [-0.2, 0) is 16.1 Å². The van der Waals surface area contributed by atoms with Crippen LogP contribution in [0.3, 0.4) is 0 Å². The van der Waals surface area contributed by atoms with E-state index < -0.39 is 18.5 Å². The Labute approximate surface area is 211 Å². The highest BCUT2D eigenvalue weighted by molar-refractivity contribution is 5.96. The lowest BCUT2D eigenvalue weighted by Gasteiger charge is -2.16. The molecule has 8 nitrogen and oxygen atoms in total. The zero-order valence-electron chi connectivity index (χ0n) is 20.7. The smallest absolute Gasteiger partial charge is 0.338 e. The van der Waals surface area contributed by atoms with E-state index in [9.17, 15) is 9.59 Å². The van der Waals surface area contributed by atoms with Gasteiger partial charge in [-0.15, -0.1) is 0 Å². The van der Waals surface area contributed by atoms with E-state index in [1.54, 1.807) is 24.3 Å². The number of carbonyl (C=O) groups is 2. The van der Waals surface area contributed by atoms with Gasteiger partial charge in [-0.3, -0.25) is 4.79 Å². The van der Waals surface area contributed by atoms with Gasteiger partial charge in [-0.05, 0) is 62.7 Å². The van der Waals surface area contributed by atoms with Gasteiger partial charge in [0.05, 0.1) is 25.4 Å². The molecule has 0 saturated heterocycles. The zero-order valence-corrected chi connectivity index (χ0v) is 20.7. The molecule has 0 unspecified atom stereocenters. The Kier molecular flexibility index (Phi) is 10.00. The molecule has 36 heavy (non-hydrogen) atoms. The van der Waals surface area contributed by atoms with Crippen LogP contribution in [-0.4, -0.2) is 38.3 Å². The van der Waals surface area contributed by atoms with Gasteiger partial charge in [0.15, 0.2) is 18.1 Å². The van der Waals surface area contributed by atoms with Crippen molar-refractivity contribution in [2.24, 2.45) is 0 Å². The lowest BCUT2D eigenvalue weighted by molar-refractivity contribution is -0.119. The molecule has 0 radical (unpaired) electrons. The molecular formula is C28H31NO7. The van der Waals surface area contributed by atoms with Crippen LogP contribution in [0.4, 0.5) is 5.69 Å². The number of hydrogen-bond acceptors (Lipinski definition) is 7. The molecule has 0 saturated carbocycles. The molecule has 3 aromatic carbocycles. The monoisotopic (exact) mass is 493 g/mol. The number of amides is 1. The normalized spacial score (nSPS) is 10.3. The highest BCUT2D eigenvalue weighted by Crippen LogP contribution is 2.39. The van der Waals surface area contributed by atoms with Crippen LogP contribution < -0.4 is 24.3 Å². The summed E-state index contributed by atoms with van der Waals surface area (Å²) in [6.07, 6.45) is 0. The summed E-state index contributed by atoms with van der Waals surface area (Å²) in [4.78, 5) is 25.0. The average molecular weight is 494 g/mol. The van der Waals surface area contributed by atoms with E-state index in [0.717, 1.165) is 5.56 Å². The van der Waals surface area contributed by atoms with Gasteiger partial charge in [-0.1, -0.05) is 30.3 Å². The molecule has 0 aliphatic heterocycles. The van der Waals surface area contributed by atoms with Crippen molar-refractivity contribution in [3.05, 3.63) is 77.9 Å². The van der Waals surface area contributed by atoms with Crippen molar-refractivity contribution < 1.29 is 33.3 Å². The molecule has 190 valence electrons. The van der Waals surface area contributed by atoms with Gasteiger partial charge in [0.25, 0.3) is 5.91 Å². The SMILES string of the molecule is CCOc1cc(C(=O)OCC(=O)Nc2ccc(OCc3ccccc3)cc2)cc(OCC)c1OCC. The van der Waals surface area contributed by atoms with Crippen LogP contribution in [0, 0.1) is 0 Å². The van der Waals surface area contributed by atoms with Crippen molar-refractivity contribution in [1.29, 1.82) is 0 Å². The molecule has 8 heteroatoms. The van der Waals surface area contributed by atoms with Gasteiger partial charge in [-0.25, -0.2) is 4.79 Å². The van der Waals surface area contributed by atoms with E-state index in [1.807, 2.05) is 51.1 Å². The lowest BCUT2D eigenvalue weighted by atomic mass is 10.2. The zero-order chi connectivity index (χ0) is 25.8. The van der Waals surface area contributed by atoms with E-state index in [2.05, 4.69) is 5.32 Å². The van der Waals surface area contributed by atoms with Gasteiger partial charge in [-0.2, -0.15) is 0 Å². The Balaban J connectivity index is 1.56. The third-order valence-electron chi connectivity index (χ3n) is 4.87. The first kappa shape index (κ1) is 26.4. The molecule has 0 aliphatic rings. The fourth-order valence-electron chi connectivity index (χ4n) is 3.29. The minimum atomic E-state index is -0.681. The third kappa shape index (κ3) is 7.66. The van der Waals surface area contributed by atoms with Crippen LogP contribution >= 0.6 is 0 Å². The molecule has 0 aliphatic carbocycles. The summed E-state index contributed by atoms with van der Waals surface area (Å²) in [5.74, 6) is 0.690. The van der Waals surface area contributed by atoms with Gasteiger partial charge >= 0.3 is 5.97 Å². The Morgan fingerprint density at radius 1 is 0.750 bits per heavy atom. The third-order valence-corrected chi connectivity index (χ3v) is 4.87. The number of hydrogen-bond donors (Lipinski definition) is 1. The van der Waals surface area contributed by atoms with E-state index >= 15 is 0 Å². The van der Waals surface area contributed by atoms with Crippen LogP contribution in [0.25, 0.3) is 0 Å². The first-order valence-electron chi connectivity index (χ1n) is 11.8. The van der Waals surface area contributed by atoms with Gasteiger partial charge in [0.2, 0.25) is 5.75 Å². The highest BCUT2D eigenvalue weighted by atomic mass is 16.5. The summed E-state index contributed by atoms with van der Waals surface area (Å²) >= 11 is 0. The Hall–Kier alpha value is -4.20. The Bertz CT molecular complexity index is 1100. The summed E-state index contributed by atoms with van der Waals surface area (Å²) < 4.78 is 27.8. The predicted octanol–water partition coefficient (Wildman–Crippen LogP) is 5.26. The first-order chi connectivity index (χ1) is 17.5. The highest BCUT2D eigenvalue weighted by Gasteiger charge is 2.20. The first-order valence-corrected chi connectivity index (χ1v) is 11.8. The quantitative estimate of drug-likeness (QED) is 0.325. The van der Waals surface area contributed by atoms with Crippen LogP contribution in [0.5, 0.6) is 23.0 Å². The molecule has 0 heterocycles.